The van der Waals surface area contributed by atoms with Crippen LogP contribution in [0.1, 0.15) is 0 Å². The van der Waals surface area contributed by atoms with Gasteiger partial charge in [-0.3, -0.25) is 4.79 Å². The molecule has 0 bridgehead atoms. The van der Waals surface area contributed by atoms with Crippen LogP contribution < -0.4 is 11.1 Å². The van der Waals surface area contributed by atoms with E-state index >= 15 is 0 Å². The summed E-state index contributed by atoms with van der Waals surface area (Å²) in [5, 5.41) is 7.30. The molecule has 18 heavy (non-hydrogen) atoms. The molecular weight excluding hydrogens is 277 g/mol. The topological polar surface area (TPSA) is 85.8 Å². The number of anilines is 2. The fraction of sp³-hybridized carbons (Fsp3) is 0.100. The number of hydrogen-bond donors (Lipinski definition) is 2. The fourth-order valence-corrected chi connectivity index (χ4v) is 1.77. The van der Waals surface area contributed by atoms with Gasteiger partial charge < -0.3 is 11.1 Å². The number of nitrogens with one attached hydrogen (secondary N) is 1. The van der Waals surface area contributed by atoms with Gasteiger partial charge in [-0.25, -0.2) is 9.67 Å². The van der Waals surface area contributed by atoms with Gasteiger partial charge >= 0.3 is 0 Å². The van der Waals surface area contributed by atoms with Crippen molar-refractivity contribution < 1.29 is 4.79 Å². The van der Waals surface area contributed by atoms with E-state index in [-0.39, 0.29) is 18.4 Å². The molecule has 94 valence electrons. The summed E-state index contributed by atoms with van der Waals surface area (Å²) in [5.74, 6) is -0.170. The molecule has 1 aromatic heterocycles. The molecule has 1 amide bonds. The van der Waals surface area contributed by atoms with Gasteiger partial charge in [-0.1, -0.05) is 23.2 Å². The van der Waals surface area contributed by atoms with E-state index in [0.29, 0.717) is 15.7 Å². The average molecular weight is 286 g/mol. The Morgan fingerprint density at radius 1 is 1.44 bits per heavy atom. The Morgan fingerprint density at radius 3 is 2.83 bits per heavy atom. The maximum atomic E-state index is 11.7. The van der Waals surface area contributed by atoms with Crippen LogP contribution in [0.15, 0.2) is 24.5 Å². The monoisotopic (exact) mass is 285 g/mol. The number of nitrogen functional groups attached to an aromatic ring is 1. The number of nitrogens with zero attached hydrogens (tertiary/aromatic N) is 3. The quantitative estimate of drug-likeness (QED) is 0.901. The Morgan fingerprint density at radius 2 is 2.22 bits per heavy atom. The Hall–Kier alpha value is -1.79. The molecule has 3 N–H and O–H groups in total. The fourth-order valence-electron chi connectivity index (χ4n) is 1.31. The first-order valence-electron chi connectivity index (χ1n) is 4.94. The Kier molecular flexibility index (Phi) is 3.69. The van der Waals surface area contributed by atoms with Crippen molar-refractivity contribution in [3.05, 3.63) is 34.6 Å². The summed E-state index contributed by atoms with van der Waals surface area (Å²) < 4.78 is 1.33. The molecule has 0 saturated carbocycles. The van der Waals surface area contributed by atoms with Crippen molar-refractivity contribution >= 4 is 40.7 Å². The molecule has 8 heteroatoms. The van der Waals surface area contributed by atoms with E-state index < -0.39 is 0 Å². The van der Waals surface area contributed by atoms with Crippen molar-refractivity contribution in [2.24, 2.45) is 0 Å². The number of aromatic nitrogens is 3. The Labute approximate surface area is 113 Å². The molecule has 0 aliphatic carbocycles. The molecule has 0 fully saturated rings. The van der Waals surface area contributed by atoms with Crippen LogP contribution in [0.5, 0.6) is 0 Å². The predicted molar refractivity (Wildman–Crippen MR) is 69.5 cm³/mol. The minimum Gasteiger partial charge on any atom is -0.367 e. The van der Waals surface area contributed by atoms with E-state index in [0.717, 1.165) is 0 Å². The molecule has 0 saturated heterocycles. The summed E-state index contributed by atoms with van der Waals surface area (Å²) >= 11 is 11.7. The number of hydrogen-bond acceptors (Lipinski definition) is 4. The minimum absolute atomic E-state index is 0.00313. The first-order chi connectivity index (χ1) is 8.54. The van der Waals surface area contributed by atoms with Gasteiger partial charge in [0.15, 0.2) is 0 Å². The van der Waals surface area contributed by atoms with Crippen LogP contribution in [0.2, 0.25) is 10.0 Å². The van der Waals surface area contributed by atoms with E-state index in [9.17, 15) is 4.79 Å². The van der Waals surface area contributed by atoms with Gasteiger partial charge in [0.1, 0.15) is 12.9 Å². The highest BCUT2D eigenvalue weighted by atomic mass is 35.5. The van der Waals surface area contributed by atoms with Gasteiger partial charge in [-0.15, -0.1) is 5.10 Å². The molecule has 0 aliphatic rings. The Bertz CT molecular complexity index is 583. The van der Waals surface area contributed by atoms with Gasteiger partial charge in [-0.05, 0) is 18.2 Å². The third-order valence-electron chi connectivity index (χ3n) is 2.07. The van der Waals surface area contributed by atoms with Crippen LogP contribution in [0, 0.1) is 0 Å². The first-order valence-corrected chi connectivity index (χ1v) is 5.70. The van der Waals surface area contributed by atoms with E-state index in [4.69, 9.17) is 28.9 Å². The number of carbonyl (C=O) groups excluding carboxylic acids is 1. The first kappa shape index (κ1) is 12.7. The molecule has 1 aromatic carbocycles. The lowest BCUT2D eigenvalue weighted by molar-refractivity contribution is -0.116. The predicted octanol–water partition coefficient (Wildman–Crippen LogP) is 1.81. The minimum atomic E-state index is -0.288. The summed E-state index contributed by atoms with van der Waals surface area (Å²) in [4.78, 5) is 15.4. The number of amides is 1. The molecule has 2 aromatic rings. The molecular formula is C10H9Cl2N5O. The standard InChI is InChI=1S/C10H9Cl2N5O/c11-6-1-2-8(7(12)3-6)15-9(18)4-17-5-14-10(13)16-17/h1-3,5H,4H2,(H2,13,16)(H,15,18). The van der Waals surface area contributed by atoms with Gasteiger partial charge in [-0.2, -0.15) is 0 Å². The number of halogens is 2. The van der Waals surface area contributed by atoms with Crippen LogP contribution in [-0.2, 0) is 11.3 Å². The molecule has 0 aliphatic heterocycles. The summed E-state index contributed by atoms with van der Waals surface area (Å²) in [7, 11) is 0. The highest BCUT2D eigenvalue weighted by Crippen LogP contribution is 2.25. The highest BCUT2D eigenvalue weighted by molar-refractivity contribution is 6.36. The highest BCUT2D eigenvalue weighted by Gasteiger charge is 2.08. The normalized spacial score (nSPS) is 10.3. The van der Waals surface area contributed by atoms with Crippen LogP contribution >= 0.6 is 23.2 Å². The largest absolute Gasteiger partial charge is 0.367 e. The van der Waals surface area contributed by atoms with Crippen molar-refractivity contribution in [1.29, 1.82) is 0 Å². The molecule has 2 rings (SSSR count). The SMILES string of the molecule is Nc1ncn(CC(=O)Nc2ccc(Cl)cc2Cl)n1. The molecule has 1 heterocycles. The zero-order valence-electron chi connectivity index (χ0n) is 9.10. The summed E-state index contributed by atoms with van der Waals surface area (Å²) in [6, 6.07) is 4.81. The summed E-state index contributed by atoms with van der Waals surface area (Å²) in [6.45, 7) is 0.00313. The molecule has 0 atom stereocenters. The van der Waals surface area contributed by atoms with Crippen molar-refractivity contribution in [1.82, 2.24) is 14.8 Å². The Balaban J connectivity index is 2.03. The number of rotatable bonds is 3. The van der Waals surface area contributed by atoms with Crippen LogP contribution in [0.25, 0.3) is 0 Å². The zero-order valence-corrected chi connectivity index (χ0v) is 10.6. The third kappa shape index (κ3) is 3.12. The van der Waals surface area contributed by atoms with Crippen LogP contribution in [-0.4, -0.2) is 20.7 Å². The van der Waals surface area contributed by atoms with Crippen molar-refractivity contribution in [3.63, 3.8) is 0 Å². The van der Waals surface area contributed by atoms with E-state index in [1.54, 1.807) is 18.2 Å². The van der Waals surface area contributed by atoms with Crippen LogP contribution in [0.3, 0.4) is 0 Å². The molecule has 0 spiro atoms. The lowest BCUT2D eigenvalue weighted by Gasteiger charge is -2.07. The van der Waals surface area contributed by atoms with E-state index in [1.165, 1.54) is 11.0 Å². The average Bonchev–Trinajstić information content (AvgIpc) is 2.68. The lowest BCUT2D eigenvalue weighted by Crippen LogP contribution is -2.19. The summed E-state index contributed by atoms with van der Waals surface area (Å²) in [6.07, 6.45) is 1.37. The second-order valence-electron chi connectivity index (χ2n) is 3.47. The molecule has 0 radical (unpaired) electrons. The number of carbonyl (C=O) groups is 1. The van der Waals surface area contributed by atoms with Crippen molar-refractivity contribution in [2.45, 2.75) is 6.54 Å². The number of nitrogens with two attached hydrogens (primary N) is 1. The van der Waals surface area contributed by atoms with Crippen molar-refractivity contribution in [3.8, 4) is 0 Å². The summed E-state index contributed by atoms with van der Waals surface area (Å²) in [5.41, 5.74) is 5.82. The van der Waals surface area contributed by atoms with Gasteiger partial charge in [0.05, 0.1) is 10.7 Å². The zero-order chi connectivity index (χ0) is 13.1. The smallest absolute Gasteiger partial charge is 0.246 e. The second-order valence-corrected chi connectivity index (χ2v) is 4.32. The lowest BCUT2D eigenvalue weighted by atomic mass is 10.3. The maximum absolute atomic E-state index is 11.7. The van der Waals surface area contributed by atoms with E-state index in [2.05, 4.69) is 15.4 Å². The maximum Gasteiger partial charge on any atom is 0.246 e. The third-order valence-corrected chi connectivity index (χ3v) is 2.61. The van der Waals surface area contributed by atoms with E-state index in [1.807, 2.05) is 0 Å². The van der Waals surface area contributed by atoms with Crippen molar-refractivity contribution in [2.75, 3.05) is 11.1 Å². The van der Waals surface area contributed by atoms with Gasteiger partial charge in [0, 0.05) is 5.02 Å². The number of benzene rings is 1. The second kappa shape index (κ2) is 5.24. The molecule has 6 nitrogen and oxygen atoms in total. The molecule has 0 unspecified atom stereocenters. The van der Waals surface area contributed by atoms with Gasteiger partial charge in [0.2, 0.25) is 11.9 Å². The van der Waals surface area contributed by atoms with Crippen LogP contribution in [0.4, 0.5) is 11.6 Å². The van der Waals surface area contributed by atoms with Gasteiger partial charge in [0.25, 0.3) is 0 Å².